The van der Waals surface area contributed by atoms with E-state index in [-0.39, 0.29) is 5.56 Å². The van der Waals surface area contributed by atoms with E-state index in [1.165, 1.54) is 11.3 Å². The predicted molar refractivity (Wildman–Crippen MR) is 117 cm³/mol. The van der Waals surface area contributed by atoms with Crippen molar-refractivity contribution in [1.82, 2.24) is 9.55 Å². The summed E-state index contributed by atoms with van der Waals surface area (Å²) in [5, 5.41) is 5.69. The van der Waals surface area contributed by atoms with Crippen molar-refractivity contribution >= 4 is 43.9 Å². The second kappa shape index (κ2) is 6.89. The van der Waals surface area contributed by atoms with Crippen LogP contribution in [-0.2, 0) is 6.54 Å². The third-order valence-corrected chi connectivity index (χ3v) is 6.05. The summed E-state index contributed by atoms with van der Waals surface area (Å²) in [6.07, 6.45) is 1.63. The predicted octanol–water partition coefficient (Wildman–Crippen LogP) is 5.98. The lowest BCUT2D eigenvalue weighted by atomic mass is 9.99. The summed E-state index contributed by atoms with van der Waals surface area (Å²) in [6, 6.07) is 21.9. The Morgan fingerprint density at radius 1 is 0.929 bits per heavy atom. The number of hydrogen-bond donors (Lipinski definition) is 0. The van der Waals surface area contributed by atoms with E-state index in [4.69, 9.17) is 11.6 Å². The van der Waals surface area contributed by atoms with Gasteiger partial charge in [0.25, 0.3) is 5.56 Å². The van der Waals surface area contributed by atoms with Crippen LogP contribution in [0, 0.1) is 0 Å². The Labute approximate surface area is 170 Å². The summed E-state index contributed by atoms with van der Waals surface area (Å²) in [5.41, 5.74) is 2.99. The molecule has 0 N–H and O–H groups in total. The summed E-state index contributed by atoms with van der Waals surface area (Å²) in [4.78, 5) is 18.6. The quantitative estimate of drug-likeness (QED) is 0.372. The molecule has 0 unspecified atom stereocenters. The highest BCUT2D eigenvalue weighted by molar-refractivity contribution is 7.17. The Kier molecular flexibility index (Phi) is 4.23. The van der Waals surface area contributed by atoms with E-state index < -0.39 is 0 Å². The molecule has 136 valence electrons. The van der Waals surface area contributed by atoms with Crippen LogP contribution < -0.4 is 5.56 Å². The van der Waals surface area contributed by atoms with E-state index in [0.717, 1.165) is 32.3 Å². The van der Waals surface area contributed by atoms with Crippen LogP contribution in [0.4, 0.5) is 0 Å². The van der Waals surface area contributed by atoms with E-state index in [9.17, 15) is 4.79 Å². The second-order valence-corrected chi connectivity index (χ2v) is 7.95. The third-order valence-electron chi connectivity index (χ3n) is 4.91. The molecule has 0 atom stereocenters. The molecule has 0 saturated carbocycles. The molecule has 5 aromatic rings. The average molecular weight is 403 g/mol. The molecule has 0 amide bonds. The molecule has 0 fully saturated rings. The fraction of sp³-hybridized carbons (Fsp3) is 0.0435. The van der Waals surface area contributed by atoms with Gasteiger partial charge < -0.3 is 0 Å². The maximum Gasteiger partial charge on any atom is 0.263 e. The van der Waals surface area contributed by atoms with Crippen molar-refractivity contribution in [3.63, 3.8) is 0 Å². The molecule has 0 saturated heterocycles. The highest BCUT2D eigenvalue weighted by atomic mass is 35.5. The van der Waals surface area contributed by atoms with Gasteiger partial charge in [0.05, 0.1) is 18.3 Å². The first-order valence-electron chi connectivity index (χ1n) is 8.90. The monoisotopic (exact) mass is 402 g/mol. The topological polar surface area (TPSA) is 34.9 Å². The van der Waals surface area contributed by atoms with Crippen LogP contribution >= 0.6 is 22.9 Å². The van der Waals surface area contributed by atoms with Crippen molar-refractivity contribution in [1.29, 1.82) is 0 Å². The van der Waals surface area contributed by atoms with Crippen LogP contribution in [0.1, 0.15) is 5.56 Å². The van der Waals surface area contributed by atoms with Crippen molar-refractivity contribution in [3.05, 3.63) is 99.4 Å². The summed E-state index contributed by atoms with van der Waals surface area (Å²) >= 11 is 7.47. The van der Waals surface area contributed by atoms with Crippen molar-refractivity contribution in [2.24, 2.45) is 0 Å². The van der Waals surface area contributed by atoms with Gasteiger partial charge in [-0.2, -0.15) is 0 Å². The summed E-state index contributed by atoms with van der Waals surface area (Å²) < 4.78 is 1.66. The minimum atomic E-state index is -0.0239. The molecule has 5 rings (SSSR count). The minimum absolute atomic E-state index is 0.0239. The highest BCUT2D eigenvalue weighted by Crippen LogP contribution is 2.35. The Morgan fingerprint density at radius 2 is 1.71 bits per heavy atom. The molecule has 0 aliphatic carbocycles. The van der Waals surface area contributed by atoms with Gasteiger partial charge in [0.1, 0.15) is 4.83 Å². The zero-order valence-electron chi connectivity index (χ0n) is 14.8. The normalized spacial score (nSPS) is 11.3. The molecule has 28 heavy (non-hydrogen) atoms. The zero-order valence-corrected chi connectivity index (χ0v) is 16.4. The van der Waals surface area contributed by atoms with E-state index in [1.54, 1.807) is 10.9 Å². The number of benzene rings is 3. The van der Waals surface area contributed by atoms with Crippen molar-refractivity contribution in [3.8, 4) is 11.1 Å². The minimum Gasteiger partial charge on any atom is -0.294 e. The molecule has 0 aliphatic rings. The van der Waals surface area contributed by atoms with Crippen LogP contribution in [0.3, 0.4) is 0 Å². The van der Waals surface area contributed by atoms with Gasteiger partial charge >= 0.3 is 0 Å². The van der Waals surface area contributed by atoms with E-state index >= 15 is 0 Å². The number of aromatic nitrogens is 2. The van der Waals surface area contributed by atoms with Gasteiger partial charge in [-0.1, -0.05) is 66.2 Å². The van der Waals surface area contributed by atoms with Gasteiger partial charge in [-0.05, 0) is 34.0 Å². The number of halogens is 1. The van der Waals surface area contributed by atoms with Crippen LogP contribution in [0.2, 0.25) is 5.02 Å². The molecular formula is C23H15ClN2OS. The van der Waals surface area contributed by atoms with Crippen molar-refractivity contribution in [2.75, 3.05) is 0 Å². The lowest BCUT2D eigenvalue weighted by Crippen LogP contribution is -2.20. The SMILES string of the molecule is O=c1c2c(-c3cccc4ccccc34)csc2ncn1Cc1ccc(Cl)cc1. The van der Waals surface area contributed by atoms with Gasteiger partial charge in [0.2, 0.25) is 0 Å². The van der Waals surface area contributed by atoms with Crippen LogP contribution in [0.25, 0.3) is 32.1 Å². The largest absolute Gasteiger partial charge is 0.294 e. The lowest BCUT2D eigenvalue weighted by Gasteiger charge is -2.08. The number of fused-ring (bicyclic) bond motifs is 2. The van der Waals surface area contributed by atoms with E-state index in [1.807, 2.05) is 47.8 Å². The molecule has 2 aromatic heterocycles. The zero-order chi connectivity index (χ0) is 19.1. The summed E-state index contributed by atoms with van der Waals surface area (Å²) in [7, 11) is 0. The van der Waals surface area contributed by atoms with Gasteiger partial charge in [-0.3, -0.25) is 9.36 Å². The van der Waals surface area contributed by atoms with Crippen LogP contribution in [0.5, 0.6) is 0 Å². The Hall–Kier alpha value is -2.95. The third kappa shape index (κ3) is 2.91. The number of nitrogens with zero attached hydrogens (tertiary/aromatic N) is 2. The van der Waals surface area contributed by atoms with E-state index in [0.29, 0.717) is 17.0 Å². The van der Waals surface area contributed by atoms with Gasteiger partial charge in [-0.25, -0.2) is 4.98 Å². The Balaban J connectivity index is 1.69. The highest BCUT2D eigenvalue weighted by Gasteiger charge is 2.15. The van der Waals surface area contributed by atoms with Gasteiger partial charge in [0.15, 0.2) is 0 Å². The molecule has 0 spiro atoms. The van der Waals surface area contributed by atoms with Crippen molar-refractivity contribution < 1.29 is 0 Å². The molecule has 0 radical (unpaired) electrons. The maximum atomic E-state index is 13.3. The maximum absolute atomic E-state index is 13.3. The molecule has 3 aromatic carbocycles. The van der Waals surface area contributed by atoms with Crippen LogP contribution in [-0.4, -0.2) is 9.55 Å². The van der Waals surface area contributed by atoms with Gasteiger partial charge in [0, 0.05) is 16.0 Å². The molecule has 0 bridgehead atoms. The molecule has 0 aliphatic heterocycles. The fourth-order valence-corrected chi connectivity index (χ4v) is 4.55. The van der Waals surface area contributed by atoms with Crippen molar-refractivity contribution in [2.45, 2.75) is 6.54 Å². The number of rotatable bonds is 3. The summed E-state index contributed by atoms with van der Waals surface area (Å²) in [6.45, 7) is 0.462. The summed E-state index contributed by atoms with van der Waals surface area (Å²) in [5.74, 6) is 0. The lowest BCUT2D eigenvalue weighted by molar-refractivity contribution is 0.749. The first-order chi connectivity index (χ1) is 13.7. The van der Waals surface area contributed by atoms with Gasteiger partial charge in [-0.15, -0.1) is 11.3 Å². The second-order valence-electron chi connectivity index (χ2n) is 6.66. The van der Waals surface area contributed by atoms with E-state index in [2.05, 4.69) is 29.2 Å². The smallest absolute Gasteiger partial charge is 0.263 e. The average Bonchev–Trinajstić information content (AvgIpc) is 3.16. The standard InChI is InChI=1S/C23H15ClN2OS/c24-17-10-8-15(9-11-17)12-26-14-25-22-21(23(26)27)20(13-28-22)19-7-3-5-16-4-1-2-6-18(16)19/h1-11,13-14H,12H2. The fourth-order valence-electron chi connectivity index (χ4n) is 3.53. The molecular weight excluding hydrogens is 388 g/mol. The number of hydrogen-bond acceptors (Lipinski definition) is 3. The molecule has 5 heteroatoms. The number of thiophene rings is 1. The van der Waals surface area contributed by atoms with Crippen LogP contribution in [0.15, 0.2) is 83.2 Å². The molecule has 2 heterocycles. The first kappa shape index (κ1) is 17.2. The Bertz CT molecular complexity index is 1360. The first-order valence-corrected chi connectivity index (χ1v) is 10.2. The molecule has 3 nitrogen and oxygen atoms in total. The Morgan fingerprint density at radius 3 is 2.57 bits per heavy atom.